The van der Waals surface area contributed by atoms with Crippen molar-refractivity contribution in [3.05, 3.63) is 42.0 Å². The predicted molar refractivity (Wildman–Crippen MR) is 83.8 cm³/mol. The third kappa shape index (κ3) is 3.89. The summed E-state index contributed by atoms with van der Waals surface area (Å²) in [5.41, 5.74) is 3.10. The summed E-state index contributed by atoms with van der Waals surface area (Å²) >= 11 is -1.59. The number of hydrogen-bond donors (Lipinski definition) is 0. The molecule has 0 aromatic heterocycles. The molecule has 0 fully saturated rings. The Morgan fingerprint density at radius 3 is 2.17 bits per heavy atom. The van der Waals surface area contributed by atoms with Gasteiger partial charge in [-0.3, -0.25) is 0 Å². The average molecular weight is 364 g/mol. The Bertz CT molecular complexity index is 473. The minimum Gasteiger partial charge on any atom is -0.147 e. The Labute approximate surface area is 131 Å². The molecule has 0 spiro atoms. The van der Waals surface area contributed by atoms with Gasteiger partial charge in [0.25, 0.3) is 0 Å². The second-order valence-corrected chi connectivity index (χ2v) is 12.5. The quantitative estimate of drug-likeness (QED) is 0.637. The van der Waals surface area contributed by atoms with E-state index in [0.29, 0.717) is 0 Å². The fraction of sp³-hybridized carbons (Fsp3) is 0.400. The van der Waals surface area contributed by atoms with E-state index >= 15 is 0 Å². The molecule has 0 unspecified atom stereocenters. The maximum atomic E-state index is 2.48. The van der Waals surface area contributed by atoms with E-state index in [-0.39, 0.29) is 24.8 Å². The van der Waals surface area contributed by atoms with Crippen molar-refractivity contribution in [3.63, 3.8) is 0 Å². The zero-order chi connectivity index (χ0) is 11.7. The van der Waals surface area contributed by atoms with Crippen LogP contribution in [0.5, 0.6) is 0 Å². The van der Waals surface area contributed by atoms with Crippen LogP contribution in [0, 0.1) is 0 Å². The molecular formula is C15H22Cl2Zr. The Hall–Kier alpha value is 0.293. The van der Waals surface area contributed by atoms with Crippen LogP contribution in [0.1, 0.15) is 40.5 Å². The van der Waals surface area contributed by atoms with Crippen molar-refractivity contribution in [1.82, 2.24) is 0 Å². The number of halogens is 2. The van der Waals surface area contributed by atoms with Crippen molar-refractivity contribution in [1.29, 1.82) is 0 Å². The Balaban J connectivity index is 0.00000144. The molecule has 0 aromatic carbocycles. The van der Waals surface area contributed by atoms with Gasteiger partial charge in [0.2, 0.25) is 0 Å². The van der Waals surface area contributed by atoms with Crippen molar-refractivity contribution >= 4 is 28.0 Å². The second-order valence-electron chi connectivity index (χ2n) is 5.01. The number of hydrogen-bond acceptors (Lipinski definition) is 0. The molecule has 0 amide bonds. The summed E-state index contributed by atoms with van der Waals surface area (Å²) in [5.74, 6) is 0. The van der Waals surface area contributed by atoms with Crippen LogP contribution >= 0.6 is 24.8 Å². The minimum atomic E-state index is -1.59. The first kappa shape index (κ1) is 18.3. The van der Waals surface area contributed by atoms with Gasteiger partial charge < -0.3 is 0 Å². The smallest absolute Gasteiger partial charge is 0.147 e. The van der Waals surface area contributed by atoms with Crippen LogP contribution in [0.3, 0.4) is 0 Å². The second kappa shape index (κ2) is 7.78. The number of rotatable bonds is 2. The Kier molecular flexibility index (Phi) is 7.91. The Morgan fingerprint density at radius 2 is 1.78 bits per heavy atom. The first-order valence-corrected chi connectivity index (χ1v) is 9.69. The summed E-state index contributed by atoms with van der Waals surface area (Å²) in [7, 11) is 0. The summed E-state index contributed by atoms with van der Waals surface area (Å²) in [4.78, 5) is 0. The van der Waals surface area contributed by atoms with Crippen LogP contribution in [0.4, 0.5) is 0 Å². The van der Waals surface area contributed by atoms with Gasteiger partial charge in [0.15, 0.2) is 0 Å². The normalized spacial score (nSPS) is 16.9. The van der Waals surface area contributed by atoms with Crippen LogP contribution in [0.2, 0.25) is 0 Å². The SMILES string of the molecule is CC1=C(C)C[C]([Zr]([C]2=CC=CC2)=[C](C)C)=C1.Cl.Cl. The van der Waals surface area contributed by atoms with Crippen molar-refractivity contribution < 1.29 is 21.3 Å². The summed E-state index contributed by atoms with van der Waals surface area (Å²) < 4.78 is 5.26. The third-order valence-corrected chi connectivity index (χ3v) is 10.7. The molecule has 3 heteroatoms. The summed E-state index contributed by atoms with van der Waals surface area (Å²) in [6, 6.07) is 0. The van der Waals surface area contributed by atoms with Gasteiger partial charge in [0, 0.05) is 0 Å². The van der Waals surface area contributed by atoms with E-state index in [4.69, 9.17) is 0 Å². The van der Waals surface area contributed by atoms with Crippen molar-refractivity contribution in [2.45, 2.75) is 40.5 Å². The van der Waals surface area contributed by atoms with Gasteiger partial charge >= 0.3 is 107 Å². The molecular weight excluding hydrogens is 342 g/mol. The zero-order valence-electron chi connectivity index (χ0n) is 11.5. The molecule has 0 saturated carbocycles. The number of allylic oxidation sites excluding steroid dienone is 8. The standard InChI is InChI=1S/C7H9.C5H5.C3H6.2ClH.Zr/c1-6-4-3-5-7(6)2;1-2-4-5-3-1;1-3-2;;;/h4H,5H2,1-2H3;1-3H,4H2;1-2H3;2*1H;. The molecule has 0 saturated heterocycles. The largest absolute Gasteiger partial charge is 0.147 e. The van der Waals surface area contributed by atoms with Gasteiger partial charge in [-0.1, -0.05) is 0 Å². The maximum absolute atomic E-state index is 2.48. The monoisotopic (exact) mass is 362 g/mol. The molecule has 2 aliphatic carbocycles. The van der Waals surface area contributed by atoms with Gasteiger partial charge in [0.05, 0.1) is 0 Å². The first-order valence-electron chi connectivity index (χ1n) is 6.00. The molecule has 0 bridgehead atoms. The molecule has 2 rings (SSSR count). The molecule has 0 heterocycles. The minimum absolute atomic E-state index is 0. The molecule has 0 atom stereocenters. The van der Waals surface area contributed by atoms with Crippen molar-refractivity contribution in [2.24, 2.45) is 0 Å². The van der Waals surface area contributed by atoms with Crippen LogP contribution < -0.4 is 0 Å². The van der Waals surface area contributed by atoms with Gasteiger partial charge in [0.1, 0.15) is 0 Å². The zero-order valence-corrected chi connectivity index (χ0v) is 15.6. The molecule has 0 N–H and O–H groups in total. The van der Waals surface area contributed by atoms with Crippen molar-refractivity contribution in [3.8, 4) is 0 Å². The average Bonchev–Trinajstić information content (AvgIpc) is 2.79. The van der Waals surface area contributed by atoms with E-state index in [1.807, 2.05) is 0 Å². The van der Waals surface area contributed by atoms with E-state index < -0.39 is 21.3 Å². The van der Waals surface area contributed by atoms with Crippen LogP contribution in [0.15, 0.2) is 42.0 Å². The van der Waals surface area contributed by atoms with E-state index in [2.05, 4.69) is 52.0 Å². The molecule has 0 radical (unpaired) electrons. The van der Waals surface area contributed by atoms with Gasteiger partial charge in [-0.15, -0.1) is 24.8 Å². The molecule has 18 heavy (non-hydrogen) atoms. The third-order valence-electron chi connectivity index (χ3n) is 3.43. The van der Waals surface area contributed by atoms with E-state index in [9.17, 15) is 0 Å². The Morgan fingerprint density at radius 1 is 1.11 bits per heavy atom. The van der Waals surface area contributed by atoms with Gasteiger partial charge in [-0.2, -0.15) is 0 Å². The molecule has 0 nitrogen and oxygen atoms in total. The fourth-order valence-corrected chi connectivity index (χ4v) is 10.1. The summed E-state index contributed by atoms with van der Waals surface area (Å²) in [6.07, 6.45) is 11.9. The fourth-order valence-electron chi connectivity index (χ4n) is 2.50. The van der Waals surface area contributed by atoms with E-state index in [1.165, 1.54) is 18.4 Å². The molecule has 0 aliphatic heterocycles. The van der Waals surface area contributed by atoms with E-state index in [0.717, 1.165) is 0 Å². The summed E-state index contributed by atoms with van der Waals surface area (Å²) in [6.45, 7) is 9.23. The van der Waals surface area contributed by atoms with Gasteiger partial charge in [-0.25, -0.2) is 0 Å². The molecule has 2 aliphatic rings. The topological polar surface area (TPSA) is 0 Å². The van der Waals surface area contributed by atoms with E-state index in [1.54, 1.807) is 15.3 Å². The molecule has 100 valence electrons. The maximum Gasteiger partial charge on any atom is -0.147 e. The molecule has 0 aromatic rings. The summed E-state index contributed by atoms with van der Waals surface area (Å²) in [5, 5.41) is 0. The van der Waals surface area contributed by atoms with Crippen LogP contribution in [-0.2, 0) is 21.3 Å². The van der Waals surface area contributed by atoms with Crippen LogP contribution in [-0.4, -0.2) is 3.21 Å². The van der Waals surface area contributed by atoms with Crippen LogP contribution in [0.25, 0.3) is 0 Å². The predicted octanol–water partition coefficient (Wildman–Crippen LogP) is 5.13. The van der Waals surface area contributed by atoms with Crippen molar-refractivity contribution in [2.75, 3.05) is 0 Å². The van der Waals surface area contributed by atoms with Gasteiger partial charge in [-0.05, 0) is 0 Å². The first-order chi connectivity index (χ1) is 7.59.